The Morgan fingerprint density at radius 3 is 2.70 bits per heavy atom. The maximum absolute atomic E-state index is 6.30. The van der Waals surface area contributed by atoms with Gasteiger partial charge in [-0.2, -0.15) is 0 Å². The maximum Gasteiger partial charge on any atom is 0.151 e. The van der Waals surface area contributed by atoms with Crippen LogP contribution in [0.15, 0.2) is 41.0 Å². The lowest BCUT2D eigenvalue weighted by Gasteiger charge is -2.21. The van der Waals surface area contributed by atoms with Crippen molar-refractivity contribution in [3.63, 3.8) is 0 Å². The summed E-state index contributed by atoms with van der Waals surface area (Å²) in [6.07, 6.45) is 1.79. The van der Waals surface area contributed by atoms with Crippen LogP contribution >= 0.6 is 27.5 Å². The van der Waals surface area contributed by atoms with E-state index in [1.807, 2.05) is 49.3 Å². The number of aromatic nitrogens is 1. The molecular weight excluding hydrogens is 338 g/mol. The minimum atomic E-state index is 0.0958. The second-order valence-electron chi connectivity index (χ2n) is 4.80. The highest BCUT2D eigenvalue weighted by atomic mass is 79.9. The Kier molecular flexibility index (Phi) is 4.89. The van der Waals surface area contributed by atoms with Gasteiger partial charge >= 0.3 is 0 Å². The van der Waals surface area contributed by atoms with Gasteiger partial charge in [0.15, 0.2) is 5.82 Å². The molecule has 1 unspecified atom stereocenters. The molecule has 0 amide bonds. The standard InChI is InChI=1S/C15H17BrClN3/c1-10(12-7-6-11(16)9-13(12)17)19-14-5-4-8-18-15(14)20(2)3/h4-10,19H,1-3H3. The summed E-state index contributed by atoms with van der Waals surface area (Å²) >= 11 is 9.72. The van der Waals surface area contributed by atoms with Crippen molar-refractivity contribution in [2.45, 2.75) is 13.0 Å². The van der Waals surface area contributed by atoms with E-state index < -0.39 is 0 Å². The van der Waals surface area contributed by atoms with Crippen molar-refractivity contribution in [2.75, 3.05) is 24.3 Å². The van der Waals surface area contributed by atoms with Gasteiger partial charge in [0.25, 0.3) is 0 Å². The molecule has 0 saturated carbocycles. The molecule has 5 heteroatoms. The van der Waals surface area contributed by atoms with Crippen LogP contribution in [0.3, 0.4) is 0 Å². The minimum absolute atomic E-state index is 0.0958. The Bertz CT molecular complexity index is 601. The highest BCUT2D eigenvalue weighted by molar-refractivity contribution is 9.10. The molecule has 0 saturated heterocycles. The van der Waals surface area contributed by atoms with Gasteiger partial charge in [0.05, 0.1) is 11.7 Å². The van der Waals surface area contributed by atoms with E-state index in [9.17, 15) is 0 Å². The monoisotopic (exact) mass is 353 g/mol. The summed E-state index contributed by atoms with van der Waals surface area (Å²) in [4.78, 5) is 6.37. The van der Waals surface area contributed by atoms with Gasteiger partial charge in [0.2, 0.25) is 0 Å². The second-order valence-corrected chi connectivity index (χ2v) is 6.12. The van der Waals surface area contributed by atoms with Crippen molar-refractivity contribution in [3.05, 3.63) is 51.6 Å². The van der Waals surface area contributed by atoms with Gasteiger partial charge in [-0.05, 0) is 36.8 Å². The first-order valence-corrected chi connectivity index (χ1v) is 7.50. The lowest BCUT2D eigenvalue weighted by molar-refractivity contribution is 0.879. The summed E-state index contributed by atoms with van der Waals surface area (Å²) in [5.74, 6) is 0.910. The normalized spacial score (nSPS) is 12.1. The molecule has 20 heavy (non-hydrogen) atoms. The van der Waals surface area contributed by atoms with Gasteiger partial charge in [-0.3, -0.25) is 0 Å². The van der Waals surface area contributed by atoms with Gasteiger partial charge < -0.3 is 10.2 Å². The molecule has 1 N–H and O–H groups in total. The lowest BCUT2D eigenvalue weighted by atomic mass is 10.1. The van der Waals surface area contributed by atoms with Crippen LogP contribution in [0.5, 0.6) is 0 Å². The zero-order valence-corrected chi connectivity index (χ0v) is 14.0. The number of benzene rings is 1. The molecule has 0 radical (unpaired) electrons. The van der Waals surface area contributed by atoms with E-state index in [0.717, 1.165) is 26.6 Å². The van der Waals surface area contributed by atoms with Crippen LogP contribution in [-0.4, -0.2) is 19.1 Å². The highest BCUT2D eigenvalue weighted by Crippen LogP contribution is 2.30. The van der Waals surface area contributed by atoms with Crippen LogP contribution in [0.1, 0.15) is 18.5 Å². The number of anilines is 2. The molecule has 1 aromatic carbocycles. The first kappa shape index (κ1) is 15.1. The molecule has 0 spiro atoms. The van der Waals surface area contributed by atoms with E-state index in [0.29, 0.717) is 0 Å². The zero-order valence-electron chi connectivity index (χ0n) is 11.7. The SMILES string of the molecule is CC(Nc1cccnc1N(C)C)c1ccc(Br)cc1Cl. The molecule has 0 bridgehead atoms. The molecule has 3 nitrogen and oxygen atoms in total. The molecule has 2 rings (SSSR count). The van der Waals surface area contributed by atoms with E-state index in [2.05, 4.69) is 33.2 Å². The number of hydrogen-bond acceptors (Lipinski definition) is 3. The second kappa shape index (κ2) is 6.46. The first-order valence-electron chi connectivity index (χ1n) is 6.33. The molecule has 1 heterocycles. The van der Waals surface area contributed by atoms with E-state index in [1.165, 1.54) is 0 Å². The molecule has 1 atom stereocenters. The molecule has 0 fully saturated rings. The van der Waals surface area contributed by atoms with Gasteiger partial charge in [0, 0.05) is 29.8 Å². The minimum Gasteiger partial charge on any atom is -0.375 e. The van der Waals surface area contributed by atoms with Crippen molar-refractivity contribution in [2.24, 2.45) is 0 Å². The van der Waals surface area contributed by atoms with Crippen molar-refractivity contribution in [3.8, 4) is 0 Å². The van der Waals surface area contributed by atoms with Crippen LogP contribution in [0.25, 0.3) is 0 Å². The fraction of sp³-hybridized carbons (Fsp3) is 0.267. The molecule has 2 aromatic rings. The predicted molar refractivity (Wildman–Crippen MR) is 89.8 cm³/mol. The van der Waals surface area contributed by atoms with E-state index >= 15 is 0 Å². The Hall–Kier alpha value is -1.26. The summed E-state index contributed by atoms with van der Waals surface area (Å²) in [6.45, 7) is 2.08. The van der Waals surface area contributed by atoms with Gasteiger partial charge in [-0.1, -0.05) is 33.6 Å². The third-order valence-electron chi connectivity index (χ3n) is 3.01. The molecule has 0 aliphatic carbocycles. The first-order chi connectivity index (χ1) is 9.49. The van der Waals surface area contributed by atoms with Crippen LogP contribution in [-0.2, 0) is 0 Å². The zero-order chi connectivity index (χ0) is 14.7. The van der Waals surface area contributed by atoms with Gasteiger partial charge in [-0.15, -0.1) is 0 Å². The Morgan fingerprint density at radius 1 is 1.30 bits per heavy atom. The topological polar surface area (TPSA) is 28.2 Å². The maximum atomic E-state index is 6.30. The molecule has 1 aromatic heterocycles. The summed E-state index contributed by atoms with van der Waals surface area (Å²) < 4.78 is 0.980. The van der Waals surface area contributed by atoms with Crippen LogP contribution in [0.4, 0.5) is 11.5 Å². The summed E-state index contributed by atoms with van der Waals surface area (Å²) in [5, 5.41) is 4.21. The van der Waals surface area contributed by atoms with Crippen molar-refractivity contribution in [1.82, 2.24) is 4.98 Å². The predicted octanol–water partition coefficient (Wildman–Crippen LogP) is 4.74. The largest absolute Gasteiger partial charge is 0.375 e. The van der Waals surface area contributed by atoms with E-state index in [1.54, 1.807) is 6.20 Å². The number of nitrogens with one attached hydrogen (secondary N) is 1. The molecule has 106 valence electrons. The van der Waals surface area contributed by atoms with E-state index in [4.69, 9.17) is 11.6 Å². The highest BCUT2D eigenvalue weighted by Gasteiger charge is 2.13. The van der Waals surface area contributed by atoms with Gasteiger partial charge in [-0.25, -0.2) is 4.98 Å². The quantitative estimate of drug-likeness (QED) is 0.860. The van der Waals surface area contributed by atoms with Crippen molar-refractivity contribution < 1.29 is 0 Å². The third kappa shape index (κ3) is 3.44. The summed E-state index contributed by atoms with van der Waals surface area (Å²) in [6, 6.07) is 9.96. The lowest BCUT2D eigenvalue weighted by Crippen LogP contribution is -2.15. The summed E-state index contributed by atoms with van der Waals surface area (Å²) in [5.41, 5.74) is 2.05. The van der Waals surface area contributed by atoms with Crippen LogP contribution in [0.2, 0.25) is 5.02 Å². The smallest absolute Gasteiger partial charge is 0.151 e. The third-order valence-corrected chi connectivity index (χ3v) is 3.83. The number of rotatable bonds is 4. The Morgan fingerprint density at radius 2 is 2.05 bits per heavy atom. The van der Waals surface area contributed by atoms with E-state index in [-0.39, 0.29) is 6.04 Å². The van der Waals surface area contributed by atoms with Crippen LogP contribution in [0, 0.1) is 0 Å². The average Bonchev–Trinajstić information content (AvgIpc) is 2.38. The number of nitrogens with zero attached hydrogens (tertiary/aromatic N) is 2. The Labute approximate surface area is 133 Å². The molecular formula is C15H17BrClN3. The number of hydrogen-bond donors (Lipinski definition) is 1. The van der Waals surface area contributed by atoms with Crippen LogP contribution < -0.4 is 10.2 Å². The average molecular weight is 355 g/mol. The molecule has 0 aliphatic rings. The number of halogens is 2. The molecule has 0 aliphatic heterocycles. The summed E-state index contributed by atoms with van der Waals surface area (Å²) in [7, 11) is 3.95. The fourth-order valence-corrected chi connectivity index (χ4v) is 2.87. The van der Waals surface area contributed by atoms with Gasteiger partial charge in [0.1, 0.15) is 0 Å². The van der Waals surface area contributed by atoms with Crippen molar-refractivity contribution in [1.29, 1.82) is 0 Å². The fourth-order valence-electron chi connectivity index (χ4n) is 2.03. The Balaban J connectivity index is 2.26. The number of pyridine rings is 1. The van der Waals surface area contributed by atoms with Crippen molar-refractivity contribution >= 4 is 39.0 Å².